The lowest BCUT2D eigenvalue weighted by Gasteiger charge is -2.11. The molecule has 1 atom stereocenters. The average molecular weight is 306 g/mol. The number of hydrogen-bond acceptors (Lipinski definition) is 5. The van der Waals surface area contributed by atoms with Crippen LogP contribution in [0.25, 0.3) is 10.9 Å². The number of aryl methyl sites for hydroxylation is 1. The first-order valence-corrected chi connectivity index (χ1v) is 7.65. The highest BCUT2D eigenvalue weighted by molar-refractivity contribution is 7.99. The highest BCUT2D eigenvalue weighted by Gasteiger charge is 2.13. The molecule has 0 aliphatic heterocycles. The number of carboxylic acids is 1. The van der Waals surface area contributed by atoms with Crippen LogP contribution in [0.4, 0.5) is 0 Å². The van der Waals surface area contributed by atoms with Gasteiger partial charge in [0.1, 0.15) is 11.8 Å². The summed E-state index contributed by atoms with van der Waals surface area (Å²) in [6, 6.07) is 6.79. The van der Waals surface area contributed by atoms with Crippen LogP contribution in [0, 0.1) is 6.92 Å². The number of ether oxygens (including phenoxy) is 1. The smallest absolute Gasteiger partial charge is 0.321 e. The molecule has 0 bridgehead atoms. The standard InChI is InChI=1S/C15H18N2O3S/c1-3-20-10-4-5-13-11(7-10)14(6-9(2)17-13)21-8-12(16)15(18)19/h4-7,12H,3,8,16H2,1-2H3,(H,18,19). The van der Waals surface area contributed by atoms with Gasteiger partial charge < -0.3 is 15.6 Å². The van der Waals surface area contributed by atoms with E-state index < -0.39 is 12.0 Å². The molecule has 5 nitrogen and oxygen atoms in total. The molecular weight excluding hydrogens is 288 g/mol. The molecule has 0 fully saturated rings. The Morgan fingerprint density at radius 3 is 2.90 bits per heavy atom. The Bertz CT molecular complexity index is 661. The van der Waals surface area contributed by atoms with Crippen LogP contribution in [0.5, 0.6) is 5.75 Å². The van der Waals surface area contributed by atoms with Crippen molar-refractivity contribution < 1.29 is 14.6 Å². The maximum absolute atomic E-state index is 10.8. The first-order valence-electron chi connectivity index (χ1n) is 6.66. The minimum atomic E-state index is -0.993. The summed E-state index contributed by atoms with van der Waals surface area (Å²) in [7, 11) is 0. The molecule has 6 heteroatoms. The van der Waals surface area contributed by atoms with Gasteiger partial charge in [-0.25, -0.2) is 0 Å². The molecule has 0 saturated carbocycles. The summed E-state index contributed by atoms with van der Waals surface area (Å²) in [6.45, 7) is 4.44. The Morgan fingerprint density at radius 2 is 2.24 bits per heavy atom. The van der Waals surface area contributed by atoms with Gasteiger partial charge in [-0.15, -0.1) is 11.8 Å². The van der Waals surface area contributed by atoms with Crippen molar-refractivity contribution in [3.05, 3.63) is 30.0 Å². The van der Waals surface area contributed by atoms with Crippen molar-refractivity contribution in [1.29, 1.82) is 0 Å². The van der Waals surface area contributed by atoms with Crippen molar-refractivity contribution in [3.8, 4) is 5.75 Å². The Hall–Kier alpha value is -1.79. The predicted molar refractivity (Wildman–Crippen MR) is 84.0 cm³/mol. The lowest BCUT2D eigenvalue weighted by atomic mass is 10.2. The SMILES string of the molecule is CCOc1ccc2nc(C)cc(SCC(N)C(=O)O)c2c1. The van der Waals surface area contributed by atoms with E-state index in [1.165, 1.54) is 11.8 Å². The molecule has 0 saturated heterocycles. The highest BCUT2D eigenvalue weighted by Crippen LogP contribution is 2.30. The van der Waals surface area contributed by atoms with Gasteiger partial charge in [-0.05, 0) is 38.1 Å². The van der Waals surface area contributed by atoms with Gasteiger partial charge in [0.05, 0.1) is 12.1 Å². The van der Waals surface area contributed by atoms with Crippen molar-refractivity contribution >= 4 is 28.6 Å². The van der Waals surface area contributed by atoms with E-state index in [4.69, 9.17) is 15.6 Å². The number of thioether (sulfide) groups is 1. The second kappa shape index (κ2) is 6.78. The summed E-state index contributed by atoms with van der Waals surface area (Å²) >= 11 is 1.43. The van der Waals surface area contributed by atoms with Gasteiger partial charge >= 0.3 is 5.97 Å². The third-order valence-electron chi connectivity index (χ3n) is 2.92. The van der Waals surface area contributed by atoms with Crippen LogP contribution >= 0.6 is 11.8 Å². The van der Waals surface area contributed by atoms with E-state index in [9.17, 15) is 4.79 Å². The molecule has 21 heavy (non-hydrogen) atoms. The fourth-order valence-electron chi connectivity index (χ4n) is 1.93. The first kappa shape index (κ1) is 15.6. The molecule has 3 N–H and O–H groups in total. The lowest BCUT2D eigenvalue weighted by Crippen LogP contribution is -2.32. The van der Waals surface area contributed by atoms with E-state index in [2.05, 4.69) is 4.98 Å². The molecule has 1 heterocycles. The van der Waals surface area contributed by atoms with Gasteiger partial charge in [0.2, 0.25) is 0 Å². The van der Waals surface area contributed by atoms with E-state index in [1.54, 1.807) is 0 Å². The largest absolute Gasteiger partial charge is 0.494 e. The summed E-state index contributed by atoms with van der Waals surface area (Å²) in [5, 5.41) is 9.82. The van der Waals surface area contributed by atoms with Crippen molar-refractivity contribution in [2.24, 2.45) is 5.73 Å². The molecule has 2 rings (SSSR count). The van der Waals surface area contributed by atoms with Gasteiger partial charge in [0.15, 0.2) is 0 Å². The van der Waals surface area contributed by atoms with E-state index in [1.807, 2.05) is 38.1 Å². The van der Waals surface area contributed by atoms with Gasteiger partial charge in [0, 0.05) is 21.7 Å². The van der Waals surface area contributed by atoms with Crippen molar-refractivity contribution in [1.82, 2.24) is 4.98 Å². The van der Waals surface area contributed by atoms with Crippen LogP contribution in [0.3, 0.4) is 0 Å². The number of pyridine rings is 1. The number of aromatic nitrogens is 1. The number of nitrogens with zero attached hydrogens (tertiary/aromatic N) is 1. The minimum Gasteiger partial charge on any atom is -0.494 e. The topological polar surface area (TPSA) is 85.4 Å². The predicted octanol–water partition coefficient (Wildman–Crippen LogP) is 2.45. The first-order chi connectivity index (χ1) is 10.0. The maximum atomic E-state index is 10.8. The van der Waals surface area contributed by atoms with Crippen LogP contribution in [0.15, 0.2) is 29.2 Å². The fourth-order valence-corrected chi connectivity index (χ4v) is 3.00. The third kappa shape index (κ3) is 3.86. The second-order valence-corrected chi connectivity index (χ2v) is 5.69. The van der Waals surface area contributed by atoms with E-state index in [0.717, 1.165) is 27.2 Å². The van der Waals surface area contributed by atoms with Crippen LogP contribution in [-0.4, -0.2) is 34.5 Å². The Balaban J connectivity index is 2.35. The summed E-state index contributed by atoms with van der Waals surface area (Å²) in [4.78, 5) is 16.3. The summed E-state index contributed by atoms with van der Waals surface area (Å²) in [5.74, 6) is 0.0971. The average Bonchev–Trinajstić information content (AvgIpc) is 2.44. The number of rotatable bonds is 6. The van der Waals surface area contributed by atoms with E-state index in [-0.39, 0.29) is 0 Å². The molecule has 1 unspecified atom stereocenters. The molecule has 0 amide bonds. The zero-order chi connectivity index (χ0) is 15.4. The molecule has 0 aliphatic carbocycles. The second-order valence-electron chi connectivity index (χ2n) is 4.63. The monoisotopic (exact) mass is 306 g/mol. The number of nitrogens with two attached hydrogens (primary N) is 1. The summed E-state index contributed by atoms with van der Waals surface area (Å²) < 4.78 is 5.51. The summed E-state index contributed by atoms with van der Waals surface area (Å²) in [5.41, 5.74) is 7.32. The van der Waals surface area contributed by atoms with Crippen LogP contribution in [0.1, 0.15) is 12.6 Å². The zero-order valence-corrected chi connectivity index (χ0v) is 12.8. The lowest BCUT2D eigenvalue weighted by molar-refractivity contribution is -0.137. The quantitative estimate of drug-likeness (QED) is 0.797. The maximum Gasteiger partial charge on any atom is 0.321 e. The van der Waals surface area contributed by atoms with Gasteiger partial charge in [-0.1, -0.05) is 0 Å². The number of benzene rings is 1. The number of fused-ring (bicyclic) bond motifs is 1. The number of aliphatic carboxylic acids is 1. The van der Waals surface area contributed by atoms with Crippen LogP contribution < -0.4 is 10.5 Å². The molecule has 112 valence electrons. The Kier molecular flexibility index (Phi) is 5.03. The van der Waals surface area contributed by atoms with E-state index >= 15 is 0 Å². The van der Waals surface area contributed by atoms with Crippen LogP contribution in [0.2, 0.25) is 0 Å². The molecule has 0 radical (unpaired) electrons. The molecular formula is C15H18N2O3S. The fraction of sp³-hybridized carbons (Fsp3) is 0.333. The highest BCUT2D eigenvalue weighted by atomic mass is 32.2. The Labute approximate surface area is 127 Å². The van der Waals surface area contributed by atoms with E-state index in [0.29, 0.717) is 12.4 Å². The zero-order valence-electron chi connectivity index (χ0n) is 12.0. The molecule has 2 aromatic rings. The minimum absolute atomic E-state index is 0.312. The normalized spacial score (nSPS) is 12.3. The third-order valence-corrected chi connectivity index (χ3v) is 4.09. The van der Waals surface area contributed by atoms with Crippen molar-refractivity contribution in [2.75, 3.05) is 12.4 Å². The molecule has 1 aromatic heterocycles. The number of carbonyl (C=O) groups is 1. The van der Waals surface area contributed by atoms with Crippen LogP contribution in [-0.2, 0) is 4.79 Å². The molecule has 0 spiro atoms. The van der Waals surface area contributed by atoms with Crippen molar-refractivity contribution in [3.63, 3.8) is 0 Å². The number of hydrogen-bond donors (Lipinski definition) is 2. The van der Waals surface area contributed by atoms with Gasteiger partial charge in [0.25, 0.3) is 0 Å². The van der Waals surface area contributed by atoms with Crippen molar-refractivity contribution in [2.45, 2.75) is 24.8 Å². The molecule has 1 aromatic carbocycles. The Morgan fingerprint density at radius 1 is 1.48 bits per heavy atom. The van der Waals surface area contributed by atoms with Gasteiger partial charge in [-0.3, -0.25) is 9.78 Å². The number of carboxylic acid groups (broad SMARTS) is 1. The molecule has 0 aliphatic rings. The summed E-state index contributed by atoms with van der Waals surface area (Å²) in [6.07, 6.45) is 0. The van der Waals surface area contributed by atoms with Gasteiger partial charge in [-0.2, -0.15) is 0 Å².